The average Bonchev–Trinajstić information content (AvgIpc) is 3.40. The monoisotopic (exact) mass is 419 g/mol. The summed E-state index contributed by atoms with van der Waals surface area (Å²) in [6.07, 6.45) is 2.06. The van der Waals surface area contributed by atoms with Crippen LogP contribution < -0.4 is 18.9 Å². The molecule has 6 heteroatoms. The minimum Gasteiger partial charge on any atom is -0.493 e. The van der Waals surface area contributed by atoms with Gasteiger partial charge in [-0.25, -0.2) is 0 Å². The van der Waals surface area contributed by atoms with Crippen molar-refractivity contribution >= 4 is 21.5 Å². The molecule has 5 rings (SSSR count). The lowest BCUT2D eigenvalue weighted by Crippen LogP contribution is -2.46. The molecule has 3 aromatic carbocycles. The first-order valence-electron chi connectivity index (χ1n) is 10.6. The Morgan fingerprint density at radius 1 is 0.742 bits per heavy atom. The third-order valence-corrected chi connectivity index (χ3v) is 7.19. The fraction of sp³-hybridized carbons (Fsp3) is 0.400. The lowest BCUT2D eigenvalue weighted by molar-refractivity contribution is -0.951. The highest BCUT2D eigenvalue weighted by Crippen LogP contribution is 2.49. The summed E-state index contributed by atoms with van der Waals surface area (Å²) in [5, 5.41) is 14.4. The van der Waals surface area contributed by atoms with Crippen molar-refractivity contribution in [3.8, 4) is 29.1 Å². The van der Waals surface area contributed by atoms with Crippen molar-refractivity contribution < 1.29 is 23.4 Å². The first kappa shape index (κ1) is 19.8. The maximum Gasteiger partial charge on any atom is 0.177 e. The molecule has 0 aromatic heterocycles. The van der Waals surface area contributed by atoms with E-state index in [0.717, 1.165) is 58.5 Å². The van der Waals surface area contributed by atoms with Crippen LogP contribution in [0.25, 0.3) is 21.5 Å². The van der Waals surface area contributed by atoms with Crippen LogP contribution in [-0.4, -0.2) is 45.5 Å². The van der Waals surface area contributed by atoms with Gasteiger partial charge in [-0.15, -0.1) is 0 Å². The zero-order valence-electron chi connectivity index (χ0n) is 18.4. The van der Waals surface area contributed by atoms with Gasteiger partial charge in [0.1, 0.15) is 19.2 Å². The molecule has 1 fully saturated rings. The van der Waals surface area contributed by atoms with Gasteiger partial charge in [-0.1, -0.05) is 0 Å². The number of nitriles is 1. The Balaban J connectivity index is 1.88. The van der Waals surface area contributed by atoms with Gasteiger partial charge in [-0.2, -0.15) is 5.26 Å². The number of quaternary nitrogens is 1. The topological polar surface area (TPSA) is 60.7 Å². The lowest BCUT2D eigenvalue weighted by Gasteiger charge is -2.32. The Kier molecular flexibility index (Phi) is 4.60. The molecule has 1 saturated heterocycles. The van der Waals surface area contributed by atoms with E-state index >= 15 is 0 Å². The van der Waals surface area contributed by atoms with E-state index in [2.05, 4.69) is 30.3 Å². The average molecular weight is 420 g/mol. The summed E-state index contributed by atoms with van der Waals surface area (Å²) in [4.78, 5) is 0. The number of fused-ring (bicyclic) bond motifs is 6. The van der Waals surface area contributed by atoms with E-state index in [1.165, 1.54) is 11.1 Å². The predicted octanol–water partition coefficient (Wildman–Crippen LogP) is 4.54. The molecule has 1 atom stereocenters. The molecule has 6 nitrogen and oxygen atoms in total. The number of rotatable bonds is 4. The minimum absolute atomic E-state index is 0.0396. The number of methoxy groups -OCH3 is 4. The summed E-state index contributed by atoms with van der Waals surface area (Å²) in [6.45, 7) is 2.77. The smallest absolute Gasteiger partial charge is 0.177 e. The number of benzene rings is 3. The zero-order chi connectivity index (χ0) is 21.8. The van der Waals surface area contributed by atoms with Crippen LogP contribution in [0.3, 0.4) is 0 Å². The summed E-state index contributed by atoms with van der Waals surface area (Å²) in [6, 6.07) is 10.9. The third-order valence-electron chi connectivity index (χ3n) is 7.19. The van der Waals surface area contributed by atoms with Crippen molar-refractivity contribution in [1.29, 1.82) is 5.26 Å². The van der Waals surface area contributed by atoms with E-state index < -0.39 is 0 Å². The fourth-order valence-electron chi connectivity index (χ4n) is 5.67. The number of hydrogen-bond donors (Lipinski definition) is 0. The molecule has 0 N–H and O–H groups in total. The summed E-state index contributed by atoms with van der Waals surface area (Å²) < 4.78 is 23.3. The fourth-order valence-corrected chi connectivity index (χ4v) is 5.67. The molecule has 0 amide bonds. The molecule has 0 aliphatic carbocycles. The molecule has 160 valence electrons. The van der Waals surface area contributed by atoms with Gasteiger partial charge in [0.05, 0.1) is 35.0 Å². The lowest BCUT2D eigenvalue weighted by atomic mass is 9.92. The normalized spacial score (nSPS) is 18.9. The standard InChI is InChI=1S/C25H27N2O4/c1-28-22-8-16-17-9-23(29-2)25(31-4)11-19(17)21-14-27(7-5-6-15(27)12-26)13-20(21)18(16)10-24(22)30-3/h8-11,15H,5-7,13-14H2,1-4H3/q+1. The van der Waals surface area contributed by atoms with Crippen molar-refractivity contribution in [2.75, 3.05) is 35.0 Å². The molecule has 2 aliphatic rings. The Bertz CT molecular complexity index is 1160. The maximum absolute atomic E-state index is 9.86. The Hall–Kier alpha value is -3.17. The van der Waals surface area contributed by atoms with Gasteiger partial charge in [-0.3, -0.25) is 0 Å². The molecule has 1 spiro atoms. The summed E-state index contributed by atoms with van der Waals surface area (Å²) >= 11 is 0. The second-order valence-corrected chi connectivity index (χ2v) is 8.51. The molecule has 0 saturated carbocycles. The predicted molar refractivity (Wildman–Crippen MR) is 119 cm³/mol. The van der Waals surface area contributed by atoms with Gasteiger partial charge in [-0.05, 0) is 45.8 Å². The molecule has 0 bridgehead atoms. The molecule has 1 unspecified atom stereocenters. The quantitative estimate of drug-likeness (QED) is 0.459. The minimum atomic E-state index is 0.0396. The molecular weight excluding hydrogens is 392 g/mol. The maximum atomic E-state index is 9.86. The molecule has 0 radical (unpaired) electrons. The summed E-state index contributed by atoms with van der Waals surface area (Å²) in [5.41, 5.74) is 2.61. The van der Waals surface area contributed by atoms with E-state index in [9.17, 15) is 5.26 Å². The van der Waals surface area contributed by atoms with E-state index in [1.807, 2.05) is 0 Å². The second kappa shape index (κ2) is 7.21. The zero-order valence-corrected chi connectivity index (χ0v) is 18.4. The van der Waals surface area contributed by atoms with Gasteiger partial charge in [0.25, 0.3) is 0 Å². The van der Waals surface area contributed by atoms with Crippen LogP contribution in [0.2, 0.25) is 0 Å². The van der Waals surface area contributed by atoms with Crippen molar-refractivity contribution in [2.24, 2.45) is 0 Å². The van der Waals surface area contributed by atoms with Gasteiger partial charge in [0, 0.05) is 24.0 Å². The highest BCUT2D eigenvalue weighted by Gasteiger charge is 2.47. The Labute approximate surface area is 182 Å². The first-order valence-corrected chi connectivity index (χ1v) is 10.6. The van der Waals surface area contributed by atoms with Crippen LogP contribution in [0.4, 0.5) is 0 Å². The Morgan fingerprint density at radius 3 is 1.55 bits per heavy atom. The summed E-state index contributed by atoms with van der Waals surface area (Å²) in [7, 11) is 6.65. The molecular formula is C25H27N2O4+. The van der Waals surface area contributed by atoms with E-state index in [0.29, 0.717) is 23.0 Å². The molecule has 31 heavy (non-hydrogen) atoms. The molecule has 2 heterocycles. The highest BCUT2D eigenvalue weighted by atomic mass is 16.5. The van der Waals surface area contributed by atoms with Gasteiger partial charge in [0.15, 0.2) is 29.0 Å². The van der Waals surface area contributed by atoms with E-state index in [-0.39, 0.29) is 6.04 Å². The van der Waals surface area contributed by atoms with Gasteiger partial charge < -0.3 is 23.4 Å². The second-order valence-electron chi connectivity index (χ2n) is 8.51. The largest absolute Gasteiger partial charge is 0.493 e. The van der Waals surface area contributed by atoms with Crippen LogP contribution >= 0.6 is 0 Å². The summed E-state index contributed by atoms with van der Waals surface area (Å²) in [5.74, 6) is 2.83. The van der Waals surface area contributed by atoms with Gasteiger partial charge in [0.2, 0.25) is 0 Å². The van der Waals surface area contributed by atoms with Crippen LogP contribution in [0, 0.1) is 11.3 Å². The number of nitrogens with zero attached hydrogens (tertiary/aromatic N) is 2. The van der Waals surface area contributed by atoms with Crippen LogP contribution in [0.1, 0.15) is 24.0 Å². The van der Waals surface area contributed by atoms with Crippen LogP contribution in [0.15, 0.2) is 24.3 Å². The van der Waals surface area contributed by atoms with Gasteiger partial charge >= 0.3 is 0 Å². The van der Waals surface area contributed by atoms with Crippen molar-refractivity contribution in [3.05, 3.63) is 35.4 Å². The first-order chi connectivity index (χ1) is 15.1. The Morgan fingerprint density at radius 2 is 1.16 bits per heavy atom. The highest BCUT2D eigenvalue weighted by molar-refractivity contribution is 6.12. The van der Waals surface area contributed by atoms with Crippen molar-refractivity contribution in [2.45, 2.75) is 32.0 Å². The van der Waals surface area contributed by atoms with E-state index in [1.54, 1.807) is 28.4 Å². The molecule has 3 aromatic rings. The van der Waals surface area contributed by atoms with Crippen LogP contribution in [0.5, 0.6) is 23.0 Å². The number of ether oxygens (including phenoxy) is 4. The van der Waals surface area contributed by atoms with E-state index in [4.69, 9.17) is 18.9 Å². The van der Waals surface area contributed by atoms with Crippen molar-refractivity contribution in [3.63, 3.8) is 0 Å². The van der Waals surface area contributed by atoms with Crippen molar-refractivity contribution in [1.82, 2.24) is 0 Å². The van der Waals surface area contributed by atoms with Crippen LogP contribution in [-0.2, 0) is 13.1 Å². The molecule has 2 aliphatic heterocycles. The third kappa shape index (κ3) is 2.73. The SMILES string of the molecule is COc1cc2c3c(c4cc(OC)c(OC)cc4c2cc1OC)C[N+]1(CCCC1C#N)C3. The number of hydrogen-bond acceptors (Lipinski definition) is 5.